The Morgan fingerprint density at radius 3 is 2.20 bits per heavy atom. The molecule has 3 heterocycles. The molecular weight excluding hydrogens is 126 g/mol. The van der Waals surface area contributed by atoms with Gasteiger partial charge in [-0.05, 0) is 12.8 Å². The Balaban J connectivity index is 1.92. The van der Waals surface area contributed by atoms with Crippen molar-refractivity contribution in [1.29, 1.82) is 0 Å². The quantitative estimate of drug-likeness (QED) is 0.524. The second kappa shape index (κ2) is 1.74. The first-order chi connectivity index (χ1) is 4.95. The van der Waals surface area contributed by atoms with Gasteiger partial charge >= 0.3 is 0 Å². The zero-order valence-electron chi connectivity index (χ0n) is 6.05. The summed E-state index contributed by atoms with van der Waals surface area (Å²) < 4.78 is 5.45. The van der Waals surface area contributed by atoms with Crippen LogP contribution in [0.25, 0.3) is 0 Å². The number of ether oxygens (including phenoxy) is 1. The fourth-order valence-corrected chi connectivity index (χ4v) is 2.89. The van der Waals surface area contributed by atoms with Crippen molar-refractivity contribution >= 4 is 0 Å². The van der Waals surface area contributed by atoms with Crippen LogP contribution >= 0.6 is 0 Å². The Hall–Kier alpha value is -0.0800. The highest BCUT2D eigenvalue weighted by Crippen LogP contribution is 2.41. The molecule has 0 aromatic heterocycles. The molecule has 3 fully saturated rings. The second-order valence-corrected chi connectivity index (χ2v) is 3.82. The first-order valence-electron chi connectivity index (χ1n) is 4.29. The van der Waals surface area contributed by atoms with Crippen LogP contribution in [-0.4, -0.2) is 25.3 Å². The highest BCUT2D eigenvalue weighted by Gasteiger charge is 2.49. The number of hydrogen-bond donors (Lipinski definition) is 1. The smallest absolute Gasteiger partial charge is 0.0513 e. The van der Waals surface area contributed by atoms with Crippen LogP contribution in [0, 0.1) is 11.8 Å². The lowest BCUT2D eigenvalue weighted by Crippen LogP contribution is -2.24. The number of rotatable bonds is 0. The molecule has 3 saturated heterocycles. The second-order valence-electron chi connectivity index (χ2n) is 3.82. The third-order valence-corrected chi connectivity index (χ3v) is 3.42. The van der Waals surface area contributed by atoms with Gasteiger partial charge in [-0.1, -0.05) is 0 Å². The van der Waals surface area contributed by atoms with Crippen molar-refractivity contribution in [2.45, 2.75) is 24.9 Å². The van der Waals surface area contributed by atoms with E-state index in [9.17, 15) is 0 Å². The topological polar surface area (TPSA) is 21.3 Å². The molecular formula is C8H13NO. The van der Waals surface area contributed by atoms with E-state index in [2.05, 4.69) is 5.32 Å². The van der Waals surface area contributed by atoms with Crippen LogP contribution in [0.5, 0.6) is 0 Å². The normalized spacial score (nSPS) is 57.6. The summed E-state index contributed by atoms with van der Waals surface area (Å²) >= 11 is 0. The van der Waals surface area contributed by atoms with E-state index in [0.29, 0.717) is 0 Å². The molecule has 0 aromatic rings. The van der Waals surface area contributed by atoms with Crippen LogP contribution in [0.3, 0.4) is 0 Å². The molecule has 0 aromatic carbocycles. The summed E-state index contributed by atoms with van der Waals surface area (Å²) in [6.07, 6.45) is 2.80. The maximum absolute atomic E-state index is 5.45. The van der Waals surface area contributed by atoms with Gasteiger partial charge in [0, 0.05) is 23.9 Å². The summed E-state index contributed by atoms with van der Waals surface area (Å²) in [6, 6.07) is 1.63. The van der Waals surface area contributed by atoms with E-state index in [4.69, 9.17) is 4.74 Å². The fraction of sp³-hybridized carbons (Fsp3) is 1.00. The average molecular weight is 139 g/mol. The molecule has 3 aliphatic heterocycles. The molecule has 1 N–H and O–H groups in total. The maximum Gasteiger partial charge on any atom is 0.0513 e. The van der Waals surface area contributed by atoms with Crippen LogP contribution < -0.4 is 5.32 Å². The molecule has 0 saturated carbocycles. The largest absolute Gasteiger partial charge is 0.381 e. The minimum atomic E-state index is 0.817. The van der Waals surface area contributed by atoms with E-state index in [0.717, 1.165) is 37.1 Å². The molecule has 4 atom stereocenters. The standard InChI is InChI=1S/C8H13NO/c1-2-8-6-4-10-3-5(6)7(1)9-8/h5-9H,1-4H2/t5-,6+,7-,8+. The molecule has 2 bridgehead atoms. The molecule has 56 valence electrons. The molecule has 0 aliphatic carbocycles. The van der Waals surface area contributed by atoms with E-state index < -0.39 is 0 Å². The summed E-state index contributed by atoms with van der Waals surface area (Å²) in [5.41, 5.74) is 0. The Bertz CT molecular complexity index is 143. The third-order valence-electron chi connectivity index (χ3n) is 3.42. The van der Waals surface area contributed by atoms with Crippen molar-refractivity contribution in [3.05, 3.63) is 0 Å². The summed E-state index contributed by atoms with van der Waals surface area (Å²) in [5, 5.41) is 3.65. The van der Waals surface area contributed by atoms with Crippen molar-refractivity contribution in [3.8, 4) is 0 Å². The predicted molar refractivity (Wildman–Crippen MR) is 37.7 cm³/mol. The Morgan fingerprint density at radius 1 is 1.00 bits per heavy atom. The van der Waals surface area contributed by atoms with Crippen molar-refractivity contribution in [1.82, 2.24) is 5.32 Å². The van der Waals surface area contributed by atoms with Crippen LogP contribution in [0.1, 0.15) is 12.8 Å². The lowest BCUT2D eigenvalue weighted by molar-refractivity contribution is 0.169. The van der Waals surface area contributed by atoms with Gasteiger partial charge in [-0.2, -0.15) is 0 Å². The van der Waals surface area contributed by atoms with Gasteiger partial charge in [0.15, 0.2) is 0 Å². The zero-order valence-corrected chi connectivity index (χ0v) is 6.05. The van der Waals surface area contributed by atoms with Crippen LogP contribution in [0.15, 0.2) is 0 Å². The van der Waals surface area contributed by atoms with Crippen molar-refractivity contribution < 1.29 is 4.74 Å². The van der Waals surface area contributed by atoms with E-state index in [-0.39, 0.29) is 0 Å². The summed E-state index contributed by atoms with van der Waals surface area (Å²) in [6.45, 7) is 2.05. The summed E-state index contributed by atoms with van der Waals surface area (Å²) in [4.78, 5) is 0. The third kappa shape index (κ3) is 0.523. The lowest BCUT2D eigenvalue weighted by atomic mass is 9.82. The number of fused-ring (bicyclic) bond motifs is 5. The Labute approximate surface area is 60.9 Å². The fourth-order valence-electron chi connectivity index (χ4n) is 2.89. The Kier molecular flexibility index (Phi) is 0.968. The first-order valence-corrected chi connectivity index (χ1v) is 4.29. The monoisotopic (exact) mass is 139 g/mol. The summed E-state index contributed by atoms with van der Waals surface area (Å²) in [5.74, 6) is 1.75. The van der Waals surface area contributed by atoms with E-state index in [1.54, 1.807) is 0 Å². The highest BCUT2D eigenvalue weighted by atomic mass is 16.5. The minimum Gasteiger partial charge on any atom is -0.381 e. The summed E-state index contributed by atoms with van der Waals surface area (Å²) in [7, 11) is 0. The molecule has 3 rings (SSSR count). The van der Waals surface area contributed by atoms with Crippen LogP contribution in [-0.2, 0) is 4.74 Å². The lowest BCUT2D eigenvalue weighted by Gasteiger charge is -2.19. The van der Waals surface area contributed by atoms with Crippen LogP contribution in [0.2, 0.25) is 0 Å². The molecule has 0 radical (unpaired) electrons. The maximum atomic E-state index is 5.45. The van der Waals surface area contributed by atoms with E-state index in [1.807, 2.05) is 0 Å². The van der Waals surface area contributed by atoms with Gasteiger partial charge in [0.05, 0.1) is 13.2 Å². The van der Waals surface area contributed by atoms with E-state index >= 15 is 0 Å². The Morgan fingerprint density at radius 2 is 1.60 bits per heavy atom. The minimum absolute atomic E-state index is 0.817. The van der Waals surface area contributed by atoms with Crippen LogP contribution in [0.4, 0.5) is 0 Å². The molecule has 2 nitrogen and oxygen atoms in total. The van der Waals surface area contributed by atoms with E-state index in [1.165, 1.54) is 12.8 Å². The molecule has 2 heteroatoms. The average Bonchev–Trinajstić information content (AvgIpc) is 2.60. The molecule has 10 heavy (non-hydrogen) atoms. The van der Waals surface area contributed by atoms with Crippen molar-refractivity contribution in [2.24, 2.45) is 11.8 Å². The highest BCUT2D eigenvalue weighted by molar-refractivity contribution is 5.04. The van der Waals surface area contributed by atoms with Gasteiger partial charge in [-0.3, -0.25) is 0 Å². The first kappa shape index (κ1) is 5.56. The zero-order chi connectivity index (χ0) is 6.55. The van der Waals surface area contributed by atoms with Gasteiger partial charge < -0.3 is 10.1 Å². The SMILES string of the molecule is C1OC[C@H]2[C@@H]1[C@H]1CC[C@@H]2N1. The van der Waals surface area contributed by atoms with Crippen molar-refractivity contribution in [3.63, 3.8) is 0 Å². The molecule has 3 aliphatic rings. The number of hydrogen-bond acceptors (Lipinski definition) is 2. The van der Waals surface area contributed by atoms with Gasteiger partial charge in [-0.15, -0.1) is 0 Å². The van der Waals surface area contributed by atoms with Gasteiger partial charge in [0.25, 0.3) is 0 Å². The van der Waals surface area contributed by atoms with Crippen molar-refractivity contribution in [2.75, 3.05) is 13.2 Å². The van der Waals surface area contributed by atoms with Gasteiger partial charge in [-0.25, -0.2) is 0 Å². The van der Waals surface area contributed by atoms with Gasteiger partial charge in [0.2, 0.25) is 0 Å². The number of nitrogens with one attached hydrogen (secondary N) is 1. The predicted octanol–water partition coefficient (Wildman–Crippen LogP) is 0.383. The molecule has 0 spiro atoms. The van der Waals surface area contributed by atoms with Gasteiger partial charge in [0.1, 0.15) is 0 Å². The molecule has 0 amide bonds. The molecule has 0 unspecified atom stereocenters.